The molecule has 0 spiro atoms. The minimum Gasteiger partial charge on any atom is -0.389 e. The lowest BCUT2D eigenvalue weighted by molar-refractivity contribution is 0.432. The van der Waals surface area contributed by atoms with Gasteiger partial charge in [-0.1, -0.05) is 5.16 Å². The Balaban J connectivity index is 2.04. The number of aryl methyl sites for hydroxylation is 2. The lowest BCUT2D eigenvalue weighted by Crippen LogP contribution is -1.89. The third kappa shape index (κ3) is 1.66. The minimum atomic E-state index is 0.374. The van der Waals surface area contributed by atoms with Crippen molar-refractivity contribution in [3.05, 3.63) is 18.0 Å². The molecule has 0 aromatic carbocycles. The molecule has 0 atom stereocenters. The van der Waals surface area contributed by atoms with Crippen LogP contribution in [-0.4, -0.2) is 24.3 Å². The molecule has 8 heteroatoms. The topological polar surface area (TPSA) is 95.7 Å². The monoisotopic (exact) mass is 262 g/mol. The highest BCUT2D eigenvalue weighted by atomic mass is 32.1. The zero-order chi connectivity index (χ0) is 12.7. The molecule has 0 fully saturated rings. The van der Waals surface area contributed by atoms with Gasteiger partial charge in [-0.25, -0.2) is 0 Å². The summed E-state index contributed by atoms with van der Waals surface area (Å²) in [5.41, 5.74) is 7.98. The van der Waals surface area contributed by atoms with Crippen LogP contribution in [0.1, 0.15) is 5.69 Å². The first-order valence-corrected chi connectivity index (χ1v) is 5.98. The van der Waals surface area contributed by atoms with Crippen molar-refractivity contribution in [2.45, 2.75) is 6.92 Å². The number of nitrogens with zero attached hydrogens (tertiary/aromatic N) is 5. The van der Waals surface area contributed by atoms with Crippen molar-refractivity contribution in [1.82, 2.24) is 24.3 Å². The van der Waals surface area contributed by atoms with Crippen LogP contribution in [0.4, 0.5) is 5.00 Å². The molecule has 0 bridgehead atoms. The molecule has 3 rings (SSSR count). The Kier molecular flexibility index (Phi) is 2.37. The van der Waals surface area contributed by atoms with Crippen molar-refractivity contribution in [1.29, 1.82) is 0 Å². The maximum atomic E-state index is 5.83. The Hall–Kier alpha value is -2.22. The predicted molar refractivity (Wildman–Crippen MR) is 66.8 cm³/mol. The van der Waals surface area contributed by atoms with Crippen LogP contribution >= 0.6 is 11.5 Å². The van der Waals surface area contributed by atoms with Gasteiger partial charge in [0.2, 0.25) is 5.82 Å². The van der Waals surface area contributed by atoms with E-state index in [0.29, 0.717) is 28.0 Å². The molecule has 0 unspecified atom stereocenters. The van der Waals surface area contributed by atoms with Gasteiger partial charge in [0.25, 0.3) is 5.89 Å². The molecule has 3 aromatic rings. The molecular weight excluding hydrogens is 252 g/mol. The summed E-state index contributed by atoms with van der Waals surface area (Å²) in [6.07, 6.45) is 1.82. The summed E-state index contributed by atoms with van der Waals surface area (Å²) in [6.45, 7) is 1.85. The van der Waals surface area contributed by atoms with E-state index in [0.717, 1.165) is 5.69 Å². The van der Waals surface area contributed by atoms with Gasteiger partial charge in [-0.05, 0) is 24.5 Å². The highest BCUT2D eigenvalue weighted by Crippen LogP contribution is 2.31. The predicted octanol–water partition coefficient (Wildman–Crippen LogP) is 1.48. The smallest absolute Gasteiger partial charge is 0.263 e. The van der Waals surface area contributed by atoms with Crippen molar-refractivity contribution in [2.75, 3.05) is 5.73 Å². The second-order valence-corrected chi connectivity index (χ2v) is 4.61. The fourth-order valence-electron chi connectivity index (χ4n) is 1.61. The Labute approximate surface area is 106 Å². The van der Waals surface area contributed by atoms with Gasteiger partial charge < -0.3 is 10.3 Å². The number of rotatable bonds is 2. The third-order valence-corrected chi connectivity index (χ3v) is 3.24. The molecule has 0 aliphatic rings. The highest BCUT2D eigenvalue weighted by molar-refractivity contribution is 7.10. The molecule has 0 aliphatic heterocycles. The first-order chi connectivity index (χ1) is 8.65. The van der Waals surface area contributed by atoms with Gasteiger partial charge in [0.15, 0.2) is 0 Å². The summed E-state index contributed by atoms with van der Waals surface area (Å²) >= 11 is 1.22. The number of nitrogen functional groups attached to an aromatic ring is 1. The molecule has 0 radical (unpaired) electrons. The average Bonchev–Trinajstić information content (AvgIpc) is 3.00. The third-order valence-electron chi connectivity index (χ3n) is 2.47. The van der Waals surface area contributed by atoms with Crippen LogP contribution in [0.2, 0.25) is 0 Å². The van der Waals surface area contributed by atoms with E-state index >= 15 is 0 Å². The SMILES string of the molecule is Cc1nsc(N)c1-c1nc(-c2ccn(C)n2)no1. The number of hydrogen-bond donors (Lipinski definition) is 1. The van der Waals surface area contributed by atoms with Crippen LogP contribution in [0, 0.1) is 6.92 Å². The lowest BCUT2D eigenvalue weighted by Gasteiger charge is -1.91. The number of hydrogen-bond acceptors (Lipinski definition) is 7. The van der Waals surface area contributed by atoms with Gasteiger partial charge in [0.1, 0.15) is 10.7 Å². The molecule has 18 heavy (non-hydrogen) atoms. The second-order valence-electron chi connectivity index (χ2n) is 3.81. The average molecular weight is 262 g/mol. The van der Waals surface area contributed by atoms with Gasteiger partial charge in [-0.3, -0.25) is 4.68 Å². The summed E-state index contributed by atoms with van der Waals surface area (Å²) in [5, 5.41) is 8.68. The Bertz CT molecular complexity index is 677. The van der Waals surface area contributed by atoms with Gasteiger partial charge in [-0.15, -0.1) is 0 Å². The zero-order valence-corrected chi connectivity index (χ0v) is 10.6. The standard InChI is InChI=1S/C10H10N6OS/c1-5-7(8(11)18-15-5)10-12-9(14-17-10)6-3-4-16(2)13-6/h3-4H,11H2,1-2H3. The molecule has 0 saturated carbocycles. The van der Waals surface area contributed by atoms with Crippen LogP contribution in [0.15, 0.2) is 16.8 Å². The normalized spacial score (nSPS) is 11.0. The first-order valence-electron chi connectivity index (χ1n) is 5.21. The summed E-state index contributed by atoms with van der Waals surface area (Å²) < 4.78 is 11.0. The molecule has 0 aliphatic carbocycles. The Morgan fingerprint density at radius 1 is 1.44 bits per heavy atom. The number of nitrogens with two attached hydrogens (primary N) is 1. The molecule has 0 saturated heterocycles. The molecule has 3 aromatic heterocycles. The Morgan fingerprint density at radius 3 is 2.89 bits per heavy atom. The summed E-state index contributed by atoms with van der Waals surface area (Å²) in [7, 11) is 1.83. The van der Waals surface area contributed by atoms with Crippen LogP contribution in [-0.2, 0) is 7.05 Å². The van der Waals surface area contributed by atoms with E-state index in [4.69, 9.17) is 10.3 Å². The van der Waals surface area contributed by atoms with E-state index in [2.05, 4.69) is 19.6 Å². The summed E-state index contributed by atoms with van der Waals surface area (Å²) in [6, 6.07) is 1.82. The van der Waals surface area contributed by atoms with E-state index in [1.807, 2.05) is 26.2 Å². The number of anilines is 1. The molecule has 3 heterocycles. The van der Waals surface area contributed by atoms with Crippen LogP contribution < -0.4 is 5.73 Å². The summed E-state index contributed by atoms with van der Waals surface area (Å²) in [5.74, 6) is 0.815. The largest absolute Gasteiger partial charge is 0.389 e. The molecule has 7 nitrogen and oxygen atoms in total. The van der Waals surface area contributed by atoms with Crippen molar-refractivity contribution in [2.24, 2.45) is 7.05 Å². The molecule has 92 valence electrons. The quantitative estimate of drug-likeness (QED) is 0.751. The Morgan fingerprint density at radius 2 is 2.28 bits per heavy atom. The molecular formula is C10H10N6OS. The van der Waals surface area contributed by atoms with Crippen molar-refractivity contribution < 1.29 is 4.52 Å². The lowest BCUT2D eigenvalue weighted by atomic mass is 10.2. The van der Waals surface area contributed by atoms with Gasteiger partial charge in [0.05, 0.1) is 11.3 Å². The van der Waals surface area contributed by atoms with E-state index in [9.17, 15) is 0 Å². The van der Waals surface area contributed by atoms with Gasteiger partial charge in [0, 0.05) is 13.2 Å². The van der Waals surface area contributed by atoms with E-state index < -0.39 is 0 Å². The maximum absolute atomic E-state index is 5.83. The second kappa shape index (κ2) is 3.91. The zero-order valence-electron chi connectivity index (χ0n) is 9.78. The van der Waals surface area contributed by atoms with Crippen molar-refractivity contribution in [3.63, 3.8) is 0 Å². The maximum Gasteiger partial charge on any atom is 0.263 e. The van der Waals surface area contributed by atoms with Crippen molar-refractivity contribution in [3.8, 4) is 23.0 Å². The van der Waals surface area contributed by atoms with Crippen LogP contribution in [0.3, 0.4) is 0 Å². The molecule has 2 N–H and O–H groups in total. The fourth-order valence-corrected chi connectivity index (χ4v) is 2.26. The van der Waals surface area contributed by atoms with E-state index in [-0.39, 0.29) is 0 Å². The van der Waals surface area contributed by atoms with Crippen LogP contribution in [0.5, 0.6) is 0 Å². The van der Waals surface area contributed by atoms with Crippen LogP contribution in [0.25, 0.3) is 23.0 Å². The van der Waals surface area contributed by atoms with E-state index in [1.54, 1.807) is 4.68 Å². The van der Waals surface area contributed by atoms with E-state index in [1.165, 1.54) is 11.5 Å². The van der Waals surface area contributed by atoms with Crippen molar-refractivity contribution >= 4 is 16.5 Å². The molecule has 0 amide bonds. The fraction of sp³-hybridized carbons (Fsp3) is 0.200. The summed E-state index contributed by atoms with van der Waals surface area (Å²) in [4.78, 5) is 4.29. The first kappa shape index (κ1) is 10.9. The van der Waals surface area contributed by atoms with Gasteiger partial charge >= 0.3 is 0 Å². The number of aromatic nitrogens is 5. The highest BCUT2D eigenvalue weighted by Gasteiger charge is 2.18. The minimum absolute atomic E-state index is 0.374. The van der Waals surface area contributed by atoms with Gasteiger partial charge in [-0.2, -0.15) is 14.5 Å².